The van der Waals surface area contributed by atoms with Crippen LogP contribution in [-0.4, -0.2) is 22.1 Å². The predicted molar refractivity (Wildman–Crippen MR) is 97.7 cm³/mol. The van der Waals surface area contributed by atoms with Crippen LogP contribution in [0.2, 0.25) is 0 Å². The third-order valence-electron chi connectivity index (χ3n) is 3.88. The van der Waals surface area contributed by atoms with Gasteiger partial charge in [0.2, 0.25) is 5.91 Å². The molecule has 1 amide bonds. The molecule has 0 spiro atoms. The highest BCUT2D eigenvalue weighted by Crippen LogP contribution is 2.19. The molecule has 0 aliphatic heterocycles. The molecule has 0 saturated carbocycles. The molecule has 3 rings (SSSR count). The molecule has 0 aliphatic rings. The van der Waals surface area contributed by atoms with E-state index in [-0.39, 0.29) is 24.8 Å². The zero-order valence-corrected chi connectivity index (χ0v) is 14.4. The summed E-state index contributed by atoms with van der Waals surface area (Å²) in [5.74, 6) is -0.746. The van der Waals surface area contributed by atoms with E-state index in [1.807, 2.05) is 30.3 Å². The summed E-state index contributed by atoms with van der Waals surface area (Å²) >= 11 is 0. The van der Waals surface area contributed by atoms with Gasteiger partial charge < -0.3 is 10.1 Å². The van der Waals surface area contributed by atoms with Gasteiger partial charge in [-0.1, -0.05) is 42.5 Å². The van der Waals surface area contributed by atoms with Crippen molar-refractivity contribution in [2.45, 2.75) is 12.6 Å². The van der Waals surface area contributed by atoms with Crippen LogP contribution in [0.3, 0.4) is 0 Å². The lowest BCUT2D eigenvalue weighted by molar-refractivity contribution is -0.122. The molecule has 138 valence electrons. The Morgan fingerprint density at radius 1 is 1.11 bits per heavy atom. The van der Waals surface area contributed by atoms with E-state index in [1.54, 1.807) is 18.2 Å². The molecule has 0 fully saturated rings. The molecule has 7 heteroatoms. The highest BCUT2D eigenvalue weighted by Gasteiger charge is 2.17. The lowest BCUT2D eigenvalue weighted by atomic mass is 10.1. The number of rotatable bonds is 7. The first-order valence-corrected chi connectivity index (χ1v) is 8.36. The molecular formula is C20H18FN3O3. The monoisotopic (exact) mass is 367 g/mol. The second-order valence-corrected chi connectivity index (χ2v) is 5.80. The van der Waals surface area contributed by atoms with Gasteiger partial charge in [0.25, 0.3) is 0 Å². The lowest BCUT2D eigenvalue weighted by Crippen LogP contribution is -2.37. The molecule has 6 nitrogen and oxygen atoms in total. The summed E-state index contributed by atoms with van der Waals surface area (Å²) in [7, 11) is 0. The van der Waals surface area contributed by atoms with E-state index in [1.165, 1.54) is 29.1 Å². The highest BCUT2D eigenvalue weighted by atomic mass is 19.1. The maximum absolute atomic E-state index is 13.8. The van der Waals surface area contributed by atoms with E-state index < -0.39 is 17.5 Å². The number of nitrogens with zero attached hydrogens (tertiary/aromatic N) is 2. The van der Waals surface area contributed by atoms with Gasteiger partial charge in [-0.3, -0.25) is 9.36 Å². The first-order valence-electron chi connectivity index (χ1n) is 8.36. The van der Waals surface area contributed by atoms with Crippen molar-refractivity contribution in [1.82, 2.24) is 14.9 Å². The number of halogens is 1. The molecule has 1 atom stereocenters. The smallest absolute Gasteiger partial charge is 0.347 e. The molecule has 3 aromatic rings. The van der Waals surface area contributed by atoms with Gasteiger partial charge in [0.15, 0.2) is 11.6 Å². The van der Waals surface area contributed by atoms with Crippen LogP contribution in [0.5, 0.6) is 5.75 Å². The first-order chi connectivity index (χ1) is 13.1. The number of carbonyl (C=O) groups excluding carboxylic acids is 1. The van der Waals surface area contributed by atoms with Gasteiger partial charge >= 0.3 is 5.69 Å². The highest BCUT2D eigenvalue weighted by molar-refractivity contribution is 5.76. The SMILES string of the molecule is O=C(Cn1cccnc1=O)NC(COc1ccccc1F)c1ccccc1. The Morgan fingerprint density at radius 2 is 1.85 bits per heavy atom. The number of aromatic nitrogens is 2. The summed E-state index contributed by atoms with van der Waals surface area (Å²) in [6.45, 7) is -0.131. The Hall–Kier alpha value is -3.48. The Labute approximate surface area is 155 Å². The third-order valence-corrected chi connectivity index (χ3v) is 3.88. The summed E-state index contributed by atoms with van der Waals surface area (Å²) in [5, 5.41) is 2.82. The summed E-state index contributed by atoms with van der Waals surface area (Å²) < 4.78 is 20.5. The Kier molecular flexibility index (Phi) is 5.94. The van der Waals surface area contributed by atoms with Crippen LogP contribution in [0.15, 0.2) is 77.9 Å². The van der Waals surface area contributed by atoms with E-state index in [0.717, 1.165) is 5.56 Å². The van der Waals surface area contributed by atoms with Gasteiger partial charge in [-0.15, -0.1) is 0 Å². The normalized spacial score (nSPS) is 11.6. The fourth-order valence-electron chi connectivity index (χ4n) is 2.54. The molecule has 27 heavy (non-hydrogen) atoms. The van der Waals surface area contributed by atoms with E-state index in [2.05, 4.69) is 10.3 Å². The largest absolute Gasteiger partial charge is 0.488 e. The van der Waals surface area contributed by atoms with Crippen LogP contribution < -0.4 is 15.7 Å². The standard InChI is InChI=1S/C20H18FN3O3/c21-16-9-4-5-10-18(16)27-14-17(15-7-2-1-3-8-15)23-19(25)13-24-12-6-11-22-20(24)26/h1-12,17H,13-14H2,(H,23,25). The van der Waals surface area contributed by atoms with Crippen molar-refractivity contribution in [2.75, 3.05) is 6.61 Å². The van der Waals surface area contributed by atoms with Crippen molar-refractivity contribution in [2.24, 2.45) is 0 Å². The average Bonchev–Trinajstić information content (AvgIpc) is 2.69. The quantitative estimate of drug-likeness (QED) is 0.696. The van der Waals surface area contributed by atoms with Crippen molar-refractivity contribution in [1.29, 1.82) is 0 Å². The Bertz CT molecular complexity index is 960. The van der Waals surface area contributed by atoms with Crippen molar-refractivity contribution in [3.63, 3.8) is 0 Å². The first kappa shape index (κ1) is 18.3. The van der Waals surface area contributed by atoms with Gasteiger partial charge in [0.1, 0.15) is 13.2 Å². The van der Waals surface area contributed by atoms with Crippen molar-refractivity contribution < 1.29 is 13.9 Å². The van der Waals surface area contributed by atoms with Crippen LogP contribution in [0.1, 0.15) is 11.6 Å². The molecule has 1 heterocycles. The van der Waals surface area contributed by atoms with Crippen molar-refractivity contribution in [3.8, 4) is 5.75 Å². The van der Waals surface area contributed by atoms with E-state index >= 15 is 0 Å². The minimum atomic E-state index is -0.509. The van der Waals surface area contributed by atoms with Crippen LogP contribution in [0, 0.1) is 5.82 Å². The third kappa shape index (κ3) is 5.01. The maximum atomic E-state index is 13.8. The molecule has 0 radical (unpaired) electrons. The summed E-state index contributed by atoms with van der Waals surface area (Å²) in [6, 6.07) is 16.3. The number of para-hydroxylation sites is 1. The molecule has 0 saturated heterocycles. The Morgan fingerprint density at radius 3 is 2.59 bits per heavy atom. The van der Waals surface area contributed by atoms with Crippen LogP contribution in [0.4, 0.5) is 4.39 Å². The topological polar surface area (TPSA) is 73.2 Å². The maximum Gasteiger partial charge on any atom is 0.347 e. The second kappa shape index (κ2) is 8.75. The fraction of sp³-hybridized carbons (Fsp3) is 0.150. The van der Waals surface area contributed by atoms with E-state index in [4.69, 9.17) is 4.74 Å². The number of ether oxygens (including phenoxy) is 1. The zero-order valence-electron chi connectivity index (χ0n) is 14.4. The van der Waals surface area contributed by atoms with Gasteiger partial charge in [-0.25, -0.2) is 14.2 Å². The average molecular weight is 367 g/mol. The van der Waals surface area contributed by atoms with Crippen molar-refractivity contribution in [3.05, 3.63) is 94.9 Å². The van der Waals surface area contributed by atoms with E-state index in [9.17, 15) is 14.0 Å². The van der Waals surface area contributed by atoms with Crippen LogP contribution in [0.25, 0.3) is 0 Å². The van der Waals surface area contributed by atoms with Gasteiger partial charge in [0.05, 0.1) is 6.04 Å². The van der Waals surface area contributed by atoms with Crippen molar-refractivity contribution >= 4 is 5.91 Å². The molecule has 0 bridgehead atoms. The van der Waals surface area contributed by atoms with E-state index in [0.29, 0.717) is 0 Å². The number of carbonyl (C=O) groups is 1. The second-order valence-electron chi connectivity index (χ2n) is 5.80. The van der Waals surface area contributed by atoms with Crippen LogP contribution in [-0.2, 0) is 11.3 Å². The molecule has 2 aromatic carbocycles. The molecule has 1 aromatic heterocycles. The minimum Gasteiger partial charge on any atom is -0.488 e. The Balaban J connectivity index is 1.72. The zero-order chi connectivity index (χ0) is 19.1. The number of nitrogens with one attached hydrogen (secondary N) is 1. The number of hydrogen-bond donors (Lipinski definition) is 1. The minimum absolute atomic E-state index is 0.0403. The molecule has 0 aliphatic carbocycles. The predicted octanol–water partition coefficient (Wildman–Crippen LogP) is 2.32. The summed E-state index contributed by atoms with van der Waals surface area (Å²) in [5.41, 5.74) is 0.298. The summed E-state index contributed by atoms with van der Waals surface area (Å²) in [4.78, 5) is 27.7. The van der Waals surface area contributed by atoms with Gasteiger partial charge in [-0.2, -0.15) is 0 Å². The molecule has 1 unspecified atom stereocenters. The number of hydrogen-bond acceptors (Lipinski definition) is 4. The molecular weight excluding hydrogens is 349 g/mol. The van der Waals surface area contributed by atoms with Gasteiger partial charge in [-0.05, 0) is 23.8 Å². The van der Waals surface area contributed by atoms with Gasteiger partial charge in [0, 0.05) is 12.4 Å². The lowest BCUT2D eigenvalue weighted by Gasteiger charge is -2.20. The summed E-state index contributed by atoms with van der Waals surface area (Å²) in [6.07, 6.45) is 2.86. The molecule has 1 N–H and O–H groups in total. The van der Waals surface area contributed by atoms with Crippen LogP contribution >= 0.6 is 0 Å². The number of benzene rings is 2. The number of amides is 1. The fourth-order valence-corrected chi connectivity index (χ4v) is 2.54.